The molecule has 0 aromatic heterocycles. The number of methoxy groups -OCH3 is 1. The van der Waals surface area contributed by atoms with Crippen LogP contribution in [-0.4, -0.2) is 43.8 Å². The van der Waals surface area contributed by atoms with Crippen molar-refractivity contribution in [3.8, 4) is 0 Å². The Morgan fingerprint density at radius 1 is 1.11 bits per heavy atom. The fourth-order valence-electron chi connectivity index (χ4n) is 3.35. The normalized spacial score (nSPS) is 33.1. The Hall–Kier alpha value is -0.650. The number of rotatable bonds is 1. The molecular formula is C13H20O5. The lowest BCUT2D eigenvalue weighted by atomic mass is 9.79. The lowest BCUT2D eigenvalue weighted by Crippen LogP contribution is -2.44. The van der Waals surface area contributed by atoms with E-state index >= 15 is 0 Å². The summed E-state index contributed by atoms with van der Waals surface area (Å²) in [6.45, 7) is 1.39. The van der Waals surface area contributed by atoms with E-state index in [2.05, 4.69) is 0 Å². The summed E-state index contributed by atoms with van der Waals surface area (Å²) in [5.74, 6) is -0.613. The fraction of sp³-hybridized carbons (Fsp3) is 0.923. The maximum Gasteiger partial charge on any atom is 0.335 e. The van der Waals surface area contributed by atoms with Gasteiger partial charge in [0.25, 0.3) is 0 Å². The van der Waals surface area contributed by atoms with E-state index in [1.54, 1.807) is 0 Å². The van der Waals surface area contributed by atoms with Gasteiger partial charge in [-0.05, 0) is 25.7 Å². The molecule has 102 valence electrons. The number of ether oxygens (including phenoxy) is 4. The molecule has 1 atom stereocenters. The second kappa shape index (κ2) is 4.47. The molecule has 18 heavy (non-hydrogen) atoms. The quantitative estimate of drug-likeness (QED) is 0.664. The van der Waals surface area contributed by atoms with Crippen molar-refractivity contribution in [1.82, 2.24) is 0 Å². The average molecular weight is 256 g/mol. The lowest BCUT2D eigenvalue weighted by molar-refractivity contribution is -0.209. The van der Waals surface area contributed by atoms with Crippen molar-refractivity contribution in [3.05, 3.63) is 0 Å². The van der Waals surface area contributed by atoms with Crippen molar-refractivity contribution in [2.45, 2.75) is 56.0 Å². The first-order chi connectivity index (χ1) is 8.67. The zero-order chi connectivity index (χ0) is 12.6. The first-order valence-corrected chi connectivity index (χ1v) is 6.71. The second-order valence-electron chi connectivity index (χ2n) is 5.46. The Bertz CT molecular complexity index is 324. The Balaban J connectivity index is 1.60. The Morgan fingerprint density at radius 3 is 2.39 bits per heavy atom. The molecule has 2 spiro atoms. The molecule has 1 saturated carbocycles. The van der Waals surface area contributed by atoms with E-state index < -0.39 is 0 Å². The van der Waals surface area contributed by atoms with Crippen LogP contribution in [-0.2, 0) is 23.7 Å². The van der Waals surface area contributed by atoms with Crippen molar-refractivity contribution in [2.24, 2.45) is 0 Å². The standard InChI is InChI=1S/C13H20O5/c1-15-11(14)10-2-3-12(18-10)4-6-13(7-5-12)16-8-9-17-13/h10H,2-9H2,1H3/t10-/m0/s1. The molecule has 1 aliphatic carbocycles. The van der Waals surface area contributed by atoms with Crippen LogP contribution in [0.4, 0.5) is 0 Å². The second-order valence-corrected chi connectivity index (χ2v) is 5.46. The van der Waals surface area contributed by atoms with Gasteiger partial charge in [0.15, 0.2) is 11.9 Å². The fourth-order valence-corrected chi connectivity index (χ4v) is 3.35. The third kappa shape index (κ3) is 2.04. The third-order valence-corrected chi connectivity index (χ3v) is 4.46. The van der Waals surface area contributed by atoms with Gasteiger partial charge in [-0.2, -0.15) is 0 Å². The summed E-state index contributed by atoms with van der Waals surface area (Å²) in [7, 11) is 1.41. The SMILES string of the molecule is COC(=O)[C@@H]1CCC2(CCC3(CC2)OCCO3)O1. The Labute approximate surface area is 107 Å². The van der Waals surface area contributed by atoms with Crippen molar-refractivity contribution in [3.63, 3.8) is 0 Å². The van der Waals surface area contributed by atoms with Gasteiger partial charge in [0, 0.05) is 12.8 Å². The molecule has 0 N–H and O–H groups in total. The van der Waals surface area contributed by atoms with Crippen LogP contribution >= 0.6 is 0 Å². The molecule has 5 heteroatoms. The topological polar surface area (TPSA) is 54.0 Å². The lowest BCUT2D eigenvalue weighted by Gasteiger charge is -2.41. The molecule has 5 nitrogen and oxygen atoms in total. The first kappa shape index (κ1) is 12.4. The molecule has 3 rings (SSSR count). The molecule has 0 amide bonds. The van der Waals surface area contributed by atoms with Gasteiger partial charge in [0.05, 0.1) is 25.9 Å². The van der Waals surface area contributed by atoms with Crippen LogP contribution in [0, 0.1) is 0 Å². The molecule has 0 bridgehead atoms. The van der Waals surface area contributed by atoms with E-state index in [4.69, 9.17) is 18.9 Å². The van der Waals surface area contributed by atoms with Crippen LogP contribution < -0.4 is 0 Å². The molecule has 2 saturated heterocycles. The molecule has 2 aliphatic heterocycles. The third-order valence-electron chi connectivity index (χ3n) is 4.46. The van der Waals surface area contributed by atoms with Gasteiger partial charge in [0.2, 0.25) is 0 Å². The molecule has 0 unspecified atom stereocenters. The minimum atomic E-state index is -0.380. The monoisotopic (exact) mass is 256 g/mol. The zero-order valence-electron chi connectivity index (χ0n) is 10.8. The predicted molar refractivity (Wildman–Crippen MR) is 62.0 cm³/mol. The smallest absolute Gasteiger partial charge is 0.335 e. The highest BCUT2D eigenvalue weighted by Gasteiger charge is 2.51. The van der Waals surface area contributed by atoms with E-state index in [0.29, 0.717) is 13.2 Å². The van der Waals surface area contributed by atoms with Gasteiger partial charge >= 0.3 is 5.97 Å². The van der Waals surface area contributed by atoms with Gasteiger partial charge < -0.3 is 18.9 Å². The maximum absolute atomic E-state index is 11.5. The van der Waals surface area contributed by atoms with Crippen molar-refractivity contribution in [1.29, 1.82) is 0 Å². The van der Waals surface area contributed by atoms with Crippen molar-refractivity contribution in [2.75, 3.05) is 20.3 Å². The highest BCUT2D eigenvalue weighted by Crippen LogP contribution is 2.47. The van der Waals surface area contributed by atoms with Gasteiger partial charge in [-0.3, -0.25) is 0 Å². The predicted octanol–water partition coefficient (Wildman–Crippen LogP) is 1.39. The first-order valence-electron chi connectivity index (χ1n) is 6.71. The minimum Gasteiger partial charge on any atom is -0.467 e. The van der Waals surface area contributed by atoms with Crippen molar-refractivity contribution >= 4 is 5.97 Å². The number of hydrogen-bond acceptors (Lipinski definition) is 5. The molecule has 0 radical (unpaired) electrons. The highest BCUT2D eigenvalue weighted by atomic mass is 16.7. The van der Waals surface area contributed by atoms with Crippen LogP contribution in [0.5, 0.6) is 0 Å². The van der Waals surface area contributed by atoms with Gasteiger partial charge in [-0.1, -0.05) is 0 Å². The number of hydrogen-bond donors (Lipinski definition) is 0. The van der Waals surface area contributed by atoms with E-state index in [9.17, 15) is 4.79 Å². The Kier molecular flexibility index (Phi) is 3.08. The number of carbonyl (C=O) groups excluding carboxylic acids is 1. The molecule has 2 heterocycles. The molecule has 0 aromatic rings. The maximum atomic E-state index is 11.5. The zero-order valence-corrected chi connectivity index (χ0v) is 10.8. The largest absolute Gasteiger partial charge is 0.467 e. The molecule has 3 fully saturated rings. The molecule has 0 aromatic carbocycles. The summed E-state index contributed by atoms with van der Waals surface area (Å²) in [6.07, 6.45) is 4.85. The van der Waals surface area contributed by atoms with E-state index in [1.165, 1.54) is 7.11 Å². The van der Waals surface area contributed by atoms with Crippen LogP contribution in [0.15, 0.2) is 0 Å². The Morgan fingerprint density at radius 2 is 1.78 bits per heavy atom. The molecular weight excluding hydrogens is 236 g/mol. The summed E-state index contributed by atoms with van der Waals surface area (Å²) in [5.41, 5.74) is -0.153. The van der Waals surface area contributed by atoms with E-state index in [1.807, 2.05) is 0 Å². The van der Waals surface area contributed by atoms with Crippen LogP contribution in [0.1, 0.15) is 38.5 Å². The van der Waals surface area contributed by atoms with Gasteiger partial charge in [0.1, 0.15) is 0 Å². The summed E-state index contributed by atoms with van der Waals surface area (Å²) < 4.78 is 22.1. The number of esters is 1. The van der Waals surface area contributed by atoms with Crippen LogP contribution in [0.25, 0.3) is 0 Å². The number of carbonyl (C=O) groups is 1. The van der Waals surface area contributed by atoms with Crippen LogP contribution in [0.3, 0.4) is 0 Å². The summed E-state index contributed by atoms with van der Waals surface area (Å²) in [5, 5.41) is 0. The van der Waals surface area contributed by atoms with Gasteiger partial charge in [-0.25, -0.2) is 4.79 Å². The minimum absolute atomic E-state index is 0.153. The highest BCUT2D eigenvalue weighted by molar-refractivity contribution is 5.74. The van der Waals surface area contributed by atoms with E-state index in [0.717, 1.165) is 38.5 Å². The summed E-state index contributed by atoms with van der Waals surface area (Å²) in [6, 6.07) is 0. The summed E-state index contributed by atoms with van der Waals surface area (Å²) in [4.78, 5) is 11.5. The van der Waals surface area contributed by atoms with Crippen molar-refractivity contribution < 1.29 is 23.7 Å². The van der Waals surface area contributed by atoms with Crippen LogP contribution in [0.2, 0.25) is 0 Å². The van der Waals surface area contributed by atoms with E-state index in [-0.39, 0.29) is 23.5 Å². The summed E-state index contributed by atoms with van der Waals surface area (Å²) >= 11 is 0. The van der Waals surface area contributed by atoms with Gasteiger partial charge in [-0.15, -0.1) is 0 Å². The average Bonchev–Trinajstić information content (AvgIpc) is 3.01. The molecule has 3 aliphatic rings.